The molecule has 200 valence electrons. The fraction of sp³-hybridized carbons (Fsp3) is 0.269. The Bertz CT molecular complexity index is 1460. The number of phenols is 1. The summed E-state index contributed by atoms with van der Waals surface area (Å²) in [6, 6.07) is 12.6. The lowest BCUT2D eigenvalue weighted by Gasteiger charge is -2.18. The Kier molecular flexibility index (Phi) is 9.91. The van der Waals surface area contributed by atoms with Crippen molar-refractivity contribution in [3.8, 4) is 16.7 Å². The Balaban J connectivity index is 0.00000127. The van der Waals surface area contributed by atoms with Gasteiger partial charge in [-0.1, -0.05) is 23.5 Å². The Hall–Kier alpha value is -4.29. The summed E-state index contributed by atoms with van der Waals surface area (Å²) in [5, 5.41) is 13.1. The van der Waals surface area contributed by atoms with Crippen LogP contribution < -0.4 is 21.4 Å². The Morgan fingerprint density at radius 2 is 1.76 bits per heavy atom. The van der Waals surface area contributed by atoms with Gasteiger partial charge >= 0.3 is 11.4 Å². The molecular formula is C26H29N5O6S. The molecule has 0 aliphatic rings. The highest BCUT2D eigenvalue weighted by Crippen LogP contribution is 2.27. The minimum atomic E-state index is -0.757. The van der Waals surface area contributed by atoms with Crippen molar-refractivity contribution in [1.82, 2.24) is 19.1 Å². The first-order valence-electron chi connectivity index (χ1n) is 11.6. The number of aryl methyl sites for hydroxylation is 1. The zero-order valence-corrected chi connectivity index (χ0v) is 22.3. The Morgan fingerprint density at radius 3 is 2.34 bits per heavy atom. The van der Waals surface area contributed by atoms with Crippen molar-refractivity contribution in [3.63, 3.8) is 0 Å². The number of aromatic hydroxyl groups is 1. The second-order valence-electron chi connectivity index (χ2n) is 8.27. The second kappa shape index (κ2) is 13.3. The van der Waals surface area contributed by atoms with Gasteiger partial charge in [0.1, 0.15) is 17.8 Å². The van der Waals surface area contributed by atoms with Crippen LogP contribution in [0.5, 0.6) is 16.7 Å². The number of phenolic OH excluding ortho intramolecular Hbond substituents is 1. The molecule has 1 atom stereocenters. The molecular weight excluding hydrogens is 510 g/mol. The van der Waals surface area contributed by atoms with Gasteiger partial charge in [0.15, 0.2) is 0 Å². The number of rotatable bonds is 9. The van der Waals surface area contributed by atoms with Crippen molar-refractivity contribution >= 4 is 29.3 Å². The van der Waals surface area contributed by atoms with Crippen LogP contribution in [0, 0.1) is 6.92 Å². The van der Waals surface area contributed by atoms with E-state index in [1.54, 1.807) is 63.7 Å². The quantitative estimate of drug-likeness (QED) is 0.304. The largest absolute Gasteiger partial charge is 0.508 e. The maximum atomic E-state index is 13.3. The van der Waals surface area contributed by atoms with Gasteiger partial charge in [-0.2, -0.15) is 4.98 Å². The van der Waals surface area contributed by atoms with Crippen LogP contribution in [-0.4, -0.2) is 44.7 Å². The molecule has 2 aromatic heterocycles. The summed E-state index contributed by atoms with van der Waals surface area (Å²) >= 11 is 1.43. The minimum Gasteiger partial charge on any atom is -0.508 e. The molecule has 0 aliphatic heterocycles. The van der Waals surface area contributed by atoms with E-state index in [-0.39, 0.29) is 24.7 Å². The average Bonchev–Trinajstić information content (AvgIpc) is 3.29. The fourth-order valence-corrected chi connectivity index (χ4v) is 3.99. The number of carbonyl (C=O) groups excluding carboxylic acids is 1. The van der Waals surface area contributed by atoms with Crippen LogP contribution in [0.25, 0.3) is 0 Å². The Labute approximate surface area is 223 Å². The maximum Gasteiger partial charge on any atom is 0.355 e. The van der Waals surface area contributed by atoms with Gasteiger partial charge in [-0.25, -0.2) is 19.1 Å². The zero-order valence-electron chi connectivity index (χ0n) is 21.5. The molecule has 0 spiro atoms. The summed E-state index contributed by atoms with van der Waals surface area (Å²) in [5.74, 6) is 0.724. The first kappa shape index (κ1) is 28.3. The molecule has 0 fully saturated rings. The van der Waals surface area contributed by atoms with Crippen LogP contribution in [0.2, 0.25) is 0 Å². The van der Waals surface area contributed by atoms with Crippen LogP contribution in [0.1, 0.15) is 29.8 Å². The standard InChI is InChI=1S/C24H23N5O5S.C2H6O/c1-15(11-12-30)29-22(32)27-21(28(24(29)33)14-17-3-7-19(31)8-4-17)26-18-5-9-20(10-6-18)34-23-25-13-16(2)35-23;1-3-2/h3-10,12-13,15,31H,11,14H2,1-2H3,(H,26,27,32);1-2H3/t15-;/m0./s1. The van der Waals surface area contributed by atoms with Gasteiger partial charge in [-0.3, -0.25) is 4.57 Å². The summed E-state index contributed by atoms with van der Waals surface area (Å²) in [6.07, 6.45) is 2.39. The molecule has 0 bridgehead atoms. The number of hydrogen-bond acceptors (Lipinski definition) is 10. The number of nitrogens with one attached hydrogen (secondary N) is 1. The van der Waals surface area contributed by atoms with Gasteiger partial charge in [0.05, 0.1) is 6.54 Å². The van der Waals surface area contributed by atoms with Gasteiger partial charge < -0.3 is 24.7 Å². The summed E-state index contributed by atoms with van der Waals surface area (Å²) in [7, 11) is 3.25. The summed E-state index contributed by atoms with van der Waals surface area (Å²) in [4.78, 5) is 46.3. The topological polar surface area (TPSA) is 138 Å². The fourth-order valence-electron chi connectivity index (χ4n) is 3.37. The predicted octanol–water partition coefficient (Wildman–Crippen LogP) is 3.87. The first-order chi connectivity index (χ1) is 18.2. The zero-order chi connectivity index (χ0) is 27.7. The number of ether oxygens (including phenoxy) is 2. The third-order valence-corrected chi connectivity index (χ3v) is 5.96. The molecule has 0 aliphatic carbocycles. The number of methoxy groups -OCH3 is 1. The lowest BCUT2D eigenvalue weighted by Crippen LogP contribution is -2.44. The van der Waals surface area contributed by atoms with E-state index < -0.39 is 17.4 Å². The smallest absolute Gasteiger partial charge is 0.355 e. The summed E-state index contributed by atoms with van der Waals surface area (Å²) in [6.45, 7) is 3.64. The molecule has 4 aromatic rings. The number of thiazole rings is 1. The van der Waals surface area contributed by atoms with Crippen molar-refractivity contribution in [1.29, 1.82) is 0 Å². The van der Waals surface area contributed by atoms with Crippen LogP contribution in [0.4, 0.5) is 11.6 Å². The molecule has 11 nitrogen and oxygen atoms in total. The normalized spacial score (nSPS) is 11.3. The number of benzene rings is 2. The predicted molar refractivity (Wildman–Crippen MR) is 145 cm³/mol. The monoisotopic (exact) mass is 539 g/mol. The lowest BCUT2D eigenvalue weighted by atomic mass is 10.2. The number of hydrogen-bond donors (Lipinski definition) is 2. The van der Waals surface area contributed by atoms with Crippen molar-refractivity contribution in [2.75, 3.05) is 19.5 Å². The Morgan fingerprint density at radius 1 is 1.11 bits per heavy atom. The molecule has 12 heteroatoms. The molecule has 0 unspecified atom stereocenters. The summed E-state index contributed by atoms with van der Waals surface area (Å²) < 4.78 is 12.3. The molecule has 2 N–H and O–H groups in total. The number of aldehydes is 1. The number of aromatic nitrogens is 4. The van der Waals surface area contributed by atoms with Crippen LogP contribution in [0.15, 0.2) is 64.3 Å². The van der Waals surface area contributed by atoms with Gasteiger partial charge in [-0.15, -0.1) is 0 Å². The molecule has 2 heterocycles. The van der Waals surface area contributed by atoms with Crippen LogP contribution in [-0.2, 0) is 16.1 Å². The third-order valence-electron chi connectivity index (χ3n) is 5.17. The van der Waals surface area contributed by atoms with E-state index in [1.807, 2.05) is 6.92 Å². The van der Waals surface area contributed by atoms with Crippen molar-refractivity contribution < 1.29 is 19.4 Å². The average molecular weight is 540 g/mol. The second-order valence-corrected chi connectivity index (χ2v) is 9.47. The molecule has 2 aromatic carbocycles. The third kappa shape index (κ3) is 7.37. The minimum absolute atomic E-state index is 0.00287. The first-order valence-corrected chi connectivity index (χ1v) is 12.4. The van der Waals surface area contributed by atoms with Gasteiger partial charge in [0.25, 0.3) is 5.19 Å². The molecule has 38 heavy (non-hydrogen) atoms. The molecule has 0 radical (unpaired) electrons. The number of anilines is 2. The maximum absolute atomic E-state index is 13.3. The number of nitrogens with zero attached hydrogens (tertiary/aromatic N) is 4. The van der Waals surface area contributed by atoms with E-state index in [4.69, 9.17) is 4.74 Å². The van der Waals surface area contributed by atoms with Crippen molar-refractivity contribution in [3.05, 3.63) is 86.1 Å². The van der Waals surface area contributed by atoms with E-state index in [2.05, 4.69) is 20.0 Å². The van der Waals surface area contributed by atoms with Crippen molar-refractivity contribution in [2.24, 2.45) is 0 Å². The molecule has 0 amide bonds. The SMILES string of the molecule is COC.Cc1cnc(Oc2ccc(Nc3nc(=O)n([C@@H](C)CC=O)c(=O)n3Cc3ccc(O)cc3)cc2)s1. The van der Waals surface area contributed by atoms with Gasteiger partial charge in [-0.05, 0) is 55.8 Å². The highest BCUT2D eigenvalue weighted by Gasteiger charge is 2.18. The van der Waals surface area contributed by atoms with Gasteiger partial charge in [0.2, 0.25) is 5.95 Å². The van der Waals surface area contributed by atoms with Crippen LogP contribution in [0.3, 0.4) is 0 Å². The van der Waals surface area contributed by atoms with E-state index in [9.17, 15) is 19.5 Å². The highest BCUT2D eigenvalue weighted by molar-refractivity contribution is 7.13. The van der Waals surface area contributed by atoms with E-state index in [0.29, 0.717) is 28.5 Å². The van der Waals surface area contributed by atoms with E-state index in [0.717, 1.165) is 9.44 Å². The van der Waals surface area contributed by atoms with Gasteiger partial charge in [0, 0.05) is 43.4 Å². The number of carbonyl (C=O) groups is 1. The lowest BCUT2D eigenvalue weighted by molar-refractivity contribution is -0.108. The van der Waals surface area contributed by atoms with E-state index in [1.165, 1.54) is 28.0 Å². The van der Waals surface area contributed by atoms with E-state index >= 15 is 0 Å². The molecule has 0 saturated heterocycles. The van der Waals surface area contributed by atoms with Crippen molar-refractivity contribution in [2.45, 2.75) is 32.9 Å². The van der Waals surface area contributed by atoms with Crippen LogP contribution >= 0.6 is 11.3 Å². The molecule has 4 rings (SSSR count). The highest BCUT2D eigenvalue weighted by atomic mass is 32.1. The molecule has 0 saturated carbocycles. The summed E-state index contributed by atoms with van der Waals surface area (Å²) in [5.41, 5.74) is -0.0653.